The first-order valence-electron chi connectivity index (χ1n) is 9.59. The molecule has 2 amide bonds. The number of hydrogen-bond donors (Lipinski definition) is 1. The lowest BCUT2D eigenvalue weighted by Crippen LogP contribution is -2.38. The van der Waals surface area contributed by atoms with Gasteiger partial charge in [0.25, 0.3) is 11.8 Å². The highest BCUT2D eigenvalue weighted by atomic mass is 16.5. The molecule has 0 bridgehead atoms. The van der Waals surface area contributed by atoms with Gasteiger partial charge in [-0.1, -0.05) is 19.9 Å². The fourth-order valence-electron chi connectivity index (χ4n) is 2.60. The van der Waals surface area contributed by atoms with Crippen LogP contribution in [0.4, 0.5) is 0 Å². The molecule has 0 aliphatic rings. The highest BCUT2D eigenvalue weighted by molar-refractivity contribution is 5.95. The van der Waals surface area contributed by atoms with Crippen LogP contribution in [0, 0.1) is 0 Å². The largest absolute Gasteiger partial charge is 0.497 e. The van der Waals surface area contributed by atoms with Gasteiger partial charge in [-0.05, 0) is 44.9 Å². The van der Waals surface area contributed by atoms with E-state index >= 15 is 0 Å². The normalized spacial score (nSPS) is 12.9. The minimum Gasteiger partial charge on any atom is -0.497 e. The zero-order valence-corrected chi connectivity index (χ0v) is 17.2. The summed E-state index contributed by atoms with van der Waals surface area (Å²) in [6.45, 7) is 8.08. The van der Waals surface area contributed by atoms with Crippen LogP contribution in [0.15, 0.2) is 34.9 Å². The van der Waals surface area contributed by atoms with E-state index in [1.54, 1.807) is 36.3 Å². The van der Waals surface area contributed by atoms with Gasteiger partial charge in [0.2, 0.25) is 5.89 Å². The van der Waals surface area contributed by atoms with Gasteiger partial charge in [-0.2, -0.15) is 0 Å². The highest BCUT2D eigenvalue weighted by Gasteiger charge is 2.24. The van der Waals surface area contributed by atoms with Crippen molar-refractivity contribution in [3.8, 4) is 5.75 Å². The van der Waals surface area contributed by atoms with Crippen LogP contribution < -0.4 is 10.1 Å². The van der Waals surface area contributed by atoms with Gasteiger partial charge in [0.1, 0.15) is 12.0 Å². The predicted octanol–water partition coefficient (Wildman–Crippen LogP) is 3.65. The number of amides is 2. The van der Waals surface area contributed by atoms with E-state index in [2.05, 4.69) is 10.3 Å². The Balaban J connectivity index is 2.18. The Bertz CT molecular complexity index is 802. The molecular weight excluding hydrogens is 358 g/mol. The molecule has 0 unspecified atom stereocenters. The Morgan fingerprint density at radius 2 is 2.00 bits per heavy atom. The fraction of sp³-hybridized carbons (Fsp3) is 0.476. The summed E-state index contributed by atoms with van der Waals surface area (Å²) in [7, 11) is 1.56. The third-order valence-corrected chi connectivity index (χ3v) is 4.78. The van der Waals surface area contributed by atoms with E-state index in [9.17, 15) is 9.59 Å². The smallest absolute Gasteiger partial charge is 0.273 e. The summed E-state index contributed by atoms with van der Waals surface area (Å²) in [5.74, 6) is 0.525. The molecule has 0 radical (unpaired) electrons. The summed E-state index contributed by atoms with van der Waals surface area (Å²) in [5, 5.41) is 2.85. The molecular formula is C21H29N3O4. The molecule has 7 heteroatoms. The molecule has 1 aromatic carbocycles. The Labute approximate surface area is 166 Å². The SMILES string of the molecule is CC[C@@H](C)N(Cc1nc(C(=O)N[C@@H](C)CC)co1)C(=O)c1cccc(OC)c1. The number of ether oxygens (including phenoxy) is 1. The summed E-state index contributed by atoms with van der Waals surface area (Å²) < 4.78 is 10.7. The van der Waals surface area contributed by atoms with Gasteiger partial charge in [-0.15, -0.1) is 0 Å². The van der Waals surface area contributed by atoms with E-state index < -0.39 is 0 Å². The molecule has 1 heterocycles. The van der Waals surface area contributed by atoms with Crippen molar-refractivity contribution in [2.24, 2.45) is 0 Å². The first-order valence-corrected chi connectivity index (χ1v) is 9.59. The fourth-order valence-corrected chi connectivity index (χ4v) is 2.60. The van der Waals surface area contributed by atoms with Gasteiger partial charge in [-0.3, -0.25) is 9.59 Å². The number of nitrogens with one attached hydrogen (secondary N) is 1. The van der Waals surface area contributed by atoms with Gasteiger partial charge in [0, 0.05) is 17.6 Å². The first-order chi connectivity index (χ1) is 13.4. The number of rotatable bonds is 9. The van der Waals surface area contributed by atoms with Gasteiger partial charge in [0.05, 0.1) is 13.7 Å². The van der Waals surface area contributed by atoms with Crippen molar-refractivity contribution >= 4 is 11.8 Å². The molecule has 2 atom stereocenters. The second-order valence-corrected chi connectivity index (χ2v) is 6.83. The Hall–Kier alpha value is -2.83. The number of nitrogens with zero attached hydrogens (tertiary/aromatic N) is 2. The molecule has 2 rings (SSSR count). The minimum absolute atomic E-state index is 0.0250. The molecule has 0 saturated heterocycles. The van der Waals surface area contributed by atoms with Crippen LogP contribution in [-0.4, -0.2) is 40.9 Å². The Morgan fingerprint density at radius 1 is 1.25 bits per heavy atom. The minimum atomic E-state index is -0.279. The van der Waals surface area contributed by atoms with Crippen LogP contribution in [-0.2, 0) is 6.54 Å². The number of methoxy groups -OCH3 is 1. The number of carbonyl (C=O) groups is 2. The Morgan fingerprint density at radius 3 is 2.64 bits per heavy atom. The van der Waals surface area contributed by atoms with Gasteiger partial charge >= 0.3 is 0 Å². The van der Waals surface area contributed by atoms with Crippen molar-refractivity contribution in [3.63, 3.8) is 0 Å². The van der Waals surface area contributed by atoms with Crippen LogP contribution >= 0.6 is 0 Å². The van der Waals surface area contributed by atoms with Gasteiger partial charge < -0.3 is 19.4 Å². The van der Waals surface area contributed by atoms with Crippen molar-refractivity contribution in [1.29, 1.82) is 0 Å². The molecule has 0 fully saturated rings. The van der Waals surface area contributed by atoms with Crippen LogP contribution in [0.25, 0.3) is 0 Å². The lowest BCUT2D eigenvalue weighted by molar-refractivity contribution is 0.0652. The van der Waals surface area contributed by atoms with Gasteiger partial charge in [0.15, 0.2) is 5.69 Å². The van der Waals surface area contributed by atoms with Crippen molar-refractivity contribution in [2.45, 2.75) is 59.2 Å². The zero-order valence-electron chi connectivity index (χ0n) is 17.2. The Kier molecular flexibility index (Phi) is 7.61. The van der Waals surface area contributed by atoms with Crippen LogP contribution in [0.1, 0.15) is 67.3 Å². The first kappa shape index (κ1) is 21.5. The topological polar surface area (TPSA) is 84.7 Å². The number of oxazole rings is 1. The van der Waals surface area contributed by atoms with E-state index in [-0.39, 0.29) is 36.1 Å². The molecule has 7 nitrogen and oxygen atoms in total. The predicted molar refractivity (Wildman–Crippen MR) is 106 cm³/mol. The average Bonchev–Trinajstić information content (AvgIpc) is 3.19. The third kappa shape index (κ3) is 5.34. The van der Waals surface area contributed by atoms with Crippen LogP contribution in [0.2, 0.25) is 0 Å². The molecule has 0 saturated carbocycles. The van der Waals surface area contributed by atoms with Crippen LogP contribution in [0.5, 0.6) is 5.75 Å². The molecule has 0 aliphatic carbocycles. The third-order valence-electron chi connectivity index (χ3n) is 4.78. The molecule has 0 aliphatic heterocycles. The second-order valence-electron chi connectivity index (χ2n) is 6.83. The van der Waals surface area contributed by atoms with E-state index in [1.807, 2.05) is 27.7 Å². The van der Waals surface area contributed by atoms with E-state index in [1.165, 1.54) is 6.26 Å². The molecule has 1 aromatic heterocycles. The average molecular weight is 387 g/mol. The molecule has 0 spiro atoms. The highest BCUT2D eigenvalue weighted by Crippen LogP contribution is 2.19. The van der Waals surface area contributed by atoms with E-state index in [0.29, 0.717) is 17.2 Å². The standard InChI is InChI=1S/C21H29N3O4/c1-6-14(3)22-20(25)18-13-28-19(23-18)12-24(15(4)7-2)21(26)16-9-8-10-17(11-16)27-5/h8-11,13-15H,6-7,12H2,1-5H3,(H,22,25)/t14-,15+/m0/s1. The maximum absolute atomic E-state index is 13.1. The van der Waals surface area contributed by atoms with Crippen molar-refractivity contribution in [2.75, 3.05) is 7.11 Å². The van der Waals surface area contributed by atoms with Crippen molar-refractivity contribution in [1.82, 2.24) is 15.2 Å². The summed E-state index contributed by atoms with van der Waals surface area (Å²) in [4.78, 5) is 31.2. The maximum atomic E-state index is 13.1. The van der Waals surface area contributed by atoms with Crippen LogP contribution in [0.3, 0.4) is 0 Å². The lowest BCUT2D eigenvalue weighted by atomic mass is 10.1. The summed E-state index contributed by atoms with van der Waals surface area (Å²) >= 11 is 0. The van der Waals surface area contributed by atoms with Crippen molar-refractivity contribution < 1.29 is 18.7 Å². The summed E-state index contributed by atoms with van der Waals surface area (Å²) in [6, 6.07) is 7.06. The zero-order chi connectivity index (χ0) is 20.7. The molecule has 2 aromatic rings. The lowest BCUT2D eigenvalue weighted by Gasteiger charge is -2.27. The monoisotopic (exact) mass is 387 g/mol. The number of benzene rings is 1. The van der Waals surface area contributed by atoms with Gasteiger partial charge in [-0.25, -0.2) is 4.98 Å². The number of hydrogen-bond acceptors (Lipinski definition) is 5. The quantitative estimate of drug-likeness (QED) is 0.710. The number of carbonyl (C=O) groups excluding carboxylic acids is 2. The summed E-state index contributed by atoms with van der Waals surface area (Å²) in [6.07, 6.45) is 2.93. The molecule has 1 N–H and O–H groups in total. The van der Waals surface area contributed by atoms with E-state index in [0.717, 1.165) is 12.8 Å². The van der Waals surface area contributed by atoms with E-state index in [4.69, 9.17) is 9.15 Å². The molecule has 152 valence electrons. The molecule has 28 heavy (non-hydrogen) atoms. The second kappa shape index (κ2) is 9.92. The number of aromatic nitrogens is 1. The van der Waals surface area contributed by atoms with Crippen molar-refractivity contribution in [3.05, 3.63) is 47.7 Å². The maximum Gasteiger partial charge on any atom is 0.273 e. The summed E-state index contributed by atoms with van der Waals surface area (Å²) in [5.41, 5.74) is 0.745.